The zero-order chi connectivity index (χ0) is 21.1. The molecule has 1 heterocycles. The Hall–Kier alpha value is -3.11. The summed E-state index contributed by atoms with van der Waals surface area (Å²) in [6, 6.07) is 5.73. The number of carboxylic acid groups (broad SMARTS) is 1. The summed E-state index contributed by atoms with van der Waals surface area (Å²) in [6.07, 6.45) is 1.49. The maximum absolute atomic E-state index is 13.3. The molecule has 0 fully saturated rings. The molecule has 0 saturated carbocycles. The molecule has 0 amide bonds. The molecule has 1 aromatic heterocycles. The maximum atomic E-state index is 13.3. The van der Waals surface area contributed by atoms with Gasteiger partial charge >= 0.3 is 5.97 Å². The van der Waals surface area contributed by atoms with Gasteiger partial charge in [0.15, 0.2) is 0 Å². The van der Waals surface area contributed by atoms with Crippen LogP contribution in [0.25, 0.3) is 17.0 Å². The van der Waals surface area contributed by atoms with E-state index in [4.69, 9.17) is 28.3 Å². The summed E-state index contributed by atoms with van der Waals surface area (Å²) in [5.74, 6) is -2.82. The lowest BCUT2D eigenvalue weighted by molar-refractivity contribution is -0.146. The topological polar surface area (TPSA) is 82.8 Å². The van der Waals surface area contributed by atoms with Crippen LogP contribution in [0.5, 0.6) is 11.5 Å². The summed E-state index contributed by atoms with van der Waals surface area (Å²) >= 11 is 12.0. The van der Waals surface area contributed by atoms with E-state index in [9.17, 15) is 18.4 Å². The normalized spacial score (nSPS) is 11.2. The average Bonchev–Trinajstić information content (AvgIpc) is 3.04. The van der Waals surface area contributed by atoms with Crippen LogP contribution in [0.15, 0.2) is 30.3 Å². The number of nitrogens with zero attached hydrogens (tertiary/aromatic N) is 2. The fourth-order valence-corrected chi connectivity index (χ4v) is 3.23. The molecule has 3 rings (SSSR count). The first-order valence-electron chi connectivity index (χ1n) is 7.69. The second-order valence-electron chi connectivity index (χ2n) is 5.65. The van der Waals surface area contributed by atoms with Gasteiger partial charge in [-0.05, 0) is 29.8 Å². The van der Waals surface area contributed by atoms with Crippen molar-refractivity contribution < 1.29 is 38.4 Å². The van der Waals surface area contributed by atoms with Crippen molar-refractivity contribution in [3.05, 3.63) is 57.2 Å². The highest BCUT2D eigenvalue weighted by molar-refractivity contribution is 6.35. The van der Waals surface area contributed by atoms with Gasteiger partial charge in [0.05, 0.1) is 5.39 Å². The van der Waals surface area contributed by atoms with Gasteiger partial charge in [-0.25, -0.2) is 4.79 Å². The molecule has 0 radical (unpaired) electrons. The van der Waals surface area contributed by atoms with Crippen molar-refractivity contribution >= 4 is 46.2 Å². The predicted octanol–water partition coefficient (Wildman–Crippen LogP) is 4.87. The third-order valence-corrected chi connectivity index (χ3v) is 4.54. The summed E-state index contributed by atoms with van der Waals surface area (Å²) in [5, 5.41) is 16.3. The second-order valence-corrected chi connectivity index (χ2v) is 6.50. The van der Waals surface area contributed by atoms with Crippen LogP contribution in [0.1, 0.15) is 16.8 Å². The largest absolute Gasteiger partial charge is 0.478 e. The summed E-state index contributed by atoms with van der Waals surface area (Å²) in [4.78, 5) is 18.6. The van der Waals surface area contributed by atoms with Gasteiger partial charge in [-0.15, -0.1) is 5.10 Å². The first-order chi connectivity index (χ1) is 13.9. The van der Waals surface area contributed by atoms with Crippen LogP contribution in [0, 0.1) is 0 Å². The van der Waals surface area contributed by atoms with E-state index in [2.05, 4.69) is 20.0 Å². The minimum atomic E-state index is -1.35. The van der Waals surface area contributed by atoms with E-state index in [1.807, 2.05) is 0 Å². The molecule has 0 bridgehead atoms. The second kappa shape index (κ2) is 8.50. The van der Waals surface area contributed by atoms with Crippen molar-refractivity contribution in [2.45, 2.75) is 6.42 Å². The summed E-state index contributed by atoms with van der Waals surface area (Å²) in [6.45, 7) is 0. The van der Waals surface area contributed by atoms with Gasteiger partial charge in [-0.3, -0.25) is 9.88 Å². The molecular formula is C17H9Cl2F3N2O5. The Bertz CT molecular complexity index is 1120. The number of fused-ring (bicyclic) bond motifs is 1. The van der Waals surface area contributed by atoms with Gasteiger partial charge < -0.3 is 5.11 Å². The van der Waals surface area contributed by atoms with Gasteiger partial charge in [0.2, 0.25) is 11.5 Å². The van der Waals surface area contributed by atoms with Crippen molar-refractivity contribution in [2.75, 3.05) is 0 Å². The summed E-state index contributed by atoms with van der Waals surface area (Å²) in [7, 11) is 0. The first-order valence-corrected chi connectivity index (χ1v) is 8.45. The zero-order valence-corrected chi connectivity index (χ0v) is 15.5. The molecule has 0 aliphatic carbocycles. The lowest BCUT2D eigenvalue weighted by Crippen LogP contribution is -2.04. The van der Waals surface area contributed by atoms with Gasteiger partial charge in [0.25, 0.3) is 0 Å². The monoisotopic (exact) mass is 448 g/mol. The number of hydrogen-bond donors (Lipinski definition) is 1. The van der Waals surface area contributed by atoms with E-state index in [1.165, 1.54) is 18.2 Å². The number of benzene rings is 2. The quantitative estimate of drug-likeness (QED) is 0.519. The summed E-state index contributed by atoms with van der Waals surface area (Å²) in [5.41, 5.74) is 0.00809. The molecular weight excluding hydrogens is 440 g/mol. The van der Waals surface area contributed by atoms with Crippen LogP contribution in [0.3, 0.4) is 0 Å². The number of aliphatic carboxylic acids is 1. The number of carboxylic acids is 1. The average molecular weight is 449 g/mol. The van der Waals surface area contributed by atoms with Crippen LogP contribution in [-0.4, -0.2) is 21.0 Å². The molecule has 7 nitrogen and oxygen atoms in total. The van der Waals surface area contributed by atoms with Gasteiger partial charge in [-0.1, -0.05) is 34.1 Å². The van der Waals surface area contributed by atoms with Crippen LogP contribution >= 0.6 is 23.2 Å². The Balaban J connectivity index is 2.25. The minimum absolute atomic E-state index is 0.00355. The summed E-state index contributed by atoms with van der Waals surface area (Å²) < 4.78 is 39.6. The molecule has 0 saturated heterocycles. The lowest BCUT2D eigenvalue weighted by Gasteiger charge is -2.11. The molecule has 0 aliphatic heterocycles. The van der Waals surface area contributed by atoms with Crippen molar-refractivity contribution in [1.29, 1.82) is 0 Å². The lowest BCUT2D eigenvalue weighted by atomic mass is 10.0. The molecule has 0 spiro atoms. The van der Waals surface area contributed by atoms with Crippen molar-refractivity contribution in [3.8, 4) is 11.5 Å². The number of aromatic nitrogens is 2. The van der Waals surface area contributed by atoms with Crippen molar-refractivity contribution in [3.63, 3.8) is 0 Å². The fourth-order valence-electron chi connectivity index (χ4n) is 2.76. The highest BCUT2D eigenvalue weighted by Gasteiger charge is 2.26. The third-order valence-electron chi connectivity index (χ3n) is 3.95. The van der Waals surface area contributed by atoms with E-state index in [-0.39, 0.29) is 33.6 Å². The van der Waals surface area contributed by atoms with Crippen LogP contribution in [0.4, 0.5) is 13.6 Å². The van der Waals surface area contributed by atoms with Crippen LogP contribution in [0.2, 0.25) is 10.0 Å². The highest BCUT2D eigenvalue weighted by atomic mass is 35.5. The molecule has 0 atom stereocenters. The maximum Gasteiger partial charge on any atom is 0.328 e. The Morgan fingerprint density at radius 3 is 2.45 bits per heavy atom. The van der Waals surface area contributed by atoms with Crippen LogP contribution < -0.4 is 14.9 Å². The molecule has 3 aromatic rings. The van der Waals surface area contributed by atoms with Gasteiger partial charge in [-0.2, -0.15) is 5.04 Å². The van der Waals surface area contributed by atoms with Gasteiger partial charge in [0.1, 0.15) is 11.2 Å². The highest BCUT2D eigenvalue weighted by Crippen LogP contribution is 2.43. The number of carbonyl (C=O) groups is 1. The molecule has 0 aliphatic rings. The Labute approximate surface area is 170 Å². The molecule has 2 aromatic carbocycles. The Kier molecular flexibility index (Phi) is 6.04. The fraction of sp³-hybridized carbons (Fsp3) is 0.0588. The third kappa shape index (κ3) is 4.03. The standard InChI is InChI=1S/C17H9Cl2F3N2O5/c18-10-2-1-8(11(19)7-10)5-9-6-13-15(17(28-21)16(9)27-20)12(3-4-14(25)26)23-24(13)29-22/h1-4,6-7H,5H2,(H,25,26)/b4-3+. The predicted molar refractivity (Wildman–Crippen MR) is 96.8 cm³/mol. The number of hydrogen-bond acceptors (Lipinski definition) is 5. The molecule has 1 N–H and O–H groups in total. The van der Waals surface area contributed by atoms with Crippen molar-refractivity contribution in [2.24, 2.45) is 0 Å². The van der Waals surface area contributed by atoms with E-state index in [1.54, 1.807) is 6.07 Å². The molecule has 152 valence electrons. The van der Waals surface area contributed by atoms with Crippen molar-refractivity contribution in [1.82, 2.24) is 9.94 Å². The van der Waals surface area contributed by atoms with Gasteiger partial charge in [0, 0.05) is 41.7 Å². The zero-order valence-electron chi connectivity index (χ0n) is 14.0. The molecule has 12 heteroatoms. The van der Waals surface area contributed by atoms with E-state index < -0.39 is 17.5 Å². The van der Waals surface area contributed by atoms with Crippen LogP contribution in [-0.2, 0) is 11.2 Å². The minimum Gasteiger partial charge on any atom is -0.478 e. The Morgan fingerprint density at radius 2 is 1.86 bits per heavy atom. The van der Waals surface area contributed by atoms with E-state index in [0.717, 1.165) is 6.08 Å². The SMILES string of the molecule is O=C(O)/C=C/c1nn(OF)c2cc(Cc3ccc(Cl)cc3Cl)c(OF)c(OF)c12. The smallest absolute Gasteiger partial charge is 0.328 e. The number of halogens is 5. The van der Waals surface area contributed by atoms with E-state index in [0.29, 0.717) is 21.5 Å². The Morgan fingerprint density at radius 1 is 1.14 bits per heavy atom. The van der Waals surface area contributed by atoms with E-state index >= 15 is 0 Å². The molecule has 0 unspecified atom stereocenters. The first kappa shape index (κ1) is 20.6. The molecule has 29 heavy (non-hydrogen) atoms. The number of rotatable bonds is 7.